The van der Waals surface area contributed by atoms with Crippen molar-refractivity contribution in [1.82, 2.24) is 5.32 Å². The fraction of sp³-hybridized carbons (Fsp3) is 0.235. The Labute approximate surface area is 137 Å². The summed E-state index contributed by atoms with van der Waals surface area (Å²) in [6.07, 6.45) is 0. The van der Waals surface area contributed by atoms with Crippen molar-refractivity contribution in [3.05, 3.63) is 53.3 Å². The summed E-state index contributed by atoms with van der Waals surface area (Å²) in [5.41, 5.74) is 4.02. The SMILES string of the molecule is NC(=O)c1c(F)c(F)c(-c2ccccc2)c(N2CCNCC2)c1F. The molecule has 0 radical (unpaired) electrons. The minimum Gasteiger partial charge on any atom is -0.366 e. The van der Waals surface area contributed by atoms with Gasteiger partial charge in [-0.25, -0.2) is 13.2 Å². The zero-order valence-electron chi connectivity index (χ0n) is 12.8. The van der Waals surface area contributed by atoms with E-state index in [4.69, 9.17) is 5.73 Å². The molecule has 1 fully saturated rings. The van der Waals surface area contributed by atoms with Crippen molar-refractivity contribution in [2.75, 3.05) is 31.1 Å². The molecule has 1 aliphatic heterocycles. The molecule has 1 heterocycles. The van der Waals surface area contributed by atoms with Crippen LogP contribution >= 0.6 is 0 Å². The average Bonchev–Trinajstić information content (AvgIpc) is 2.59. The Balaban J connectivity index is 2.32. The Morgan fingerprint density at radius 3 is 2.21 bits per heavy atom. The number of hydrogen-bond donors (Lipinski definition) is 2. The van der Waals surface area contributed by atoms with Crippen LogP contribution in [0, 0.1) is 17.5 Å². The number of benzene rings is 2. The van der Waals surface area contributed by atoms with Gasteiger partial charge in [0.2, 0.25) is 0 Å². The van der Waals surface area contributed by atoms with E-state index in [-0.39, 0.29) is 11.3 Å². The van der Waals surface area contributed by atoms with Crippen LogP contribution in [0.4, 0.5) is 18.9 Å². The average molecular weight is 335 g/mol. The highest BCUT2D eigenvalue weighted by molar-refractivity contribution is 5.97. The molecule has 1 saturated heterocycles. The highest BCUT2D eigenvalue weighted by Crippen LogP contribution is 2.39. The number of carbonyl (C=O) groups is 1. The minimum absolute atomic E-state index is 0.129. The fourth-order valence-electron chi connectivity index (χ4n) is 2.92. The van der Waals surface area contributed by atoms with E-state index in [1.165, 1.54) is 0 Å². The molecular weight excluding hydrogens is 319 g/mol. The van der Waals surface area contributed by atoms with Crippen molar-refractivity contribution in [2.45, 2.75) is 0 Å². The van der Waals surface area contributed by atoms with E-state index in [0.717, 1.165) is 0 Å². The number of hydrogen-bond acceptors (Lipinski definition) is 3. The second-order valence-electron chi connectivity index (χ2n) is 5.51. The third kappa shape index (κ3) is 2.71. The Morgan fingerprint density at radius 2 is 1.62 bits per heavy atom. The van der Waals surface area contributed by atoms with Gasteiger partial charge >= 0.3 is 0 Å². The Bertz CT molecular complexity index is 775. The molecule has 3 N–H and O–H groups in total. The first kappa shape index (κ1) is 16.3. The van der Waals surface area contributed by atoms with Gasteiger partial charge in [-0.15, -0.1) is 0 Å². The Hall–Kier alpha value is -2.54. The predicted molar refractivity (Wildman–Crippen MR) is 85.4 cm³/mol. The van der Waals surface area contributed by atoms with E-state index in [0.29, 0.717) is 31.7 Å². The van der Waals surface area contributed by atoms with Gasteiger partial charge in [0.25, 0.3) is 5.91 Å². The molecular formula is C17H16F3N3O. The van der Waals surface area contributed by atoms with Crippen LogP contribution in [-0.2, 0) is 0 Å². The number of halogens is 3. The zero-order chi connectivity index (χ0) is 17.3. The summed E-state index contributed by atoms with van der Waals surface area (Å²) in [6, 6.07) is 8.14. The maximum Gasteiger partial charge on any atom is 0.254 e. The van der Waals surface area contributed by atoms with Gasteiger partial charge in [0, 0.05) is 31.7 Å². The van der Waals surface area contributed by atoms with E-state index in [9.17, 15) is 18.0 Å². The lowest BCUT2D eigenvalue weighted by molar-refractivity contribution is 0.0991. The maximum atomic E-state index is 14.9. The van der Waals surface area contributed by atoms with Crippen molar-refractivity contribution < 1.29 is 18.0 Å². The first-order valence-corrected chi connectivity index (χ1v) is 7.53. The quantitative estimate of drug-likeness (QED) is 0.846. The molecule has 0 atom stereocenters. The molecule has 4 nitrogen and oxygen atoms in total. The summed E-state index contributed by atoms with van der Waals surface area (Å²) >= 11 is 0. The number of nitrogens with two attached hydrogens (primary N) is 1. The number of rotatable bonds is 3. The second kappa shape index (κ2) is 6.52. The lowest BCUT2D eigenvalue weighted by Gasteiger charge is -2.32. The van der Waals surface area contributed by atoms with E-state index < -0.39 is 28.9 Å². The van der Waals surface area contributed by atoms with Gasteiger partial charge in [-0.05, 0) is 5.56 Å². The lowest BCUT2D eigenvalue weighted by atomic mass is 9.97. The minimum atomic E-state index is -1.56. The lowest BCUT2D eigenvalue weighted by Crippen LogP contribution is -2.44. The molecule has 126 valence electrons. The molecule has 0 unspecified atom stereocenters. The van der Waals surface area contributed by atoms with Crippen molar-refractivity contribution in [1.29, 1.82) is 0 Å². The van der Waals surface area contributed by atoms with Crippen LogP contribution in [0.1, 0.15) is 10.4 Å². The number of carbonyl (C=O) groups excluding carboxylic acids is 1. The van der Waals surface area contributed by atoms with E-state index >= 15 is 0 Å². The van der Waals surface area contributed by atoms with Crippen LogP contribution in [0.2, 0.25) is 0 Å². The van der Waals surface area contributed by atoms with Crippen LogP contribution in [0.3, 0.4) is 0 Å². The first-order valence-electron chi connectivity index (χ1n) is 7.53. The molecule has 1 aliphatic rings. The molecule has 1 amide bonds. The number of nitrogens with zero attached hydrogens (tertiary/aromatic N) is 1. The smallest absolute Gasteiger partial charge is 0.254 e. The van der Waals surface area contributed by atoms with Crippen LogP contribution in [-0.4, -0.2) is 32.1 Å². The number of anilines is 1. The topological polar surface area (TPSA) is 58.4 Å². The van der Waals surface area contributed by atoms with Crippen LogP contribution in [0.25, 0.3) is 11.1 Å². The number of primary amides is 1. The Kier molecular flexibility index (Phi) is 4.44. The van der Waals surface area contributed by atoms with Crippen molar-refractivity contribution in [3.8, 4) is 11.1 Å². The highest BCUT2D eigenvalue weighted by Gasteiger charge is 2.31. The van der Waals surface area contributed by atoms with Gasteiger partial charge in [0.05, 0.1) is 5.69 Å². The molecule has 0 aliphatic carbocycles. The Morgan fingerprint density at radius 1 is 1.00 bits per heavy atom. The van der Waals surface area contributed by atoms with E-state index in [2.05, 4.69) is 5.32 Å². The first-order chi connectivity index (χ1) is 11.5. The largest absolute Gasteiger partial charge is 0.366 e. The summed E-state index contributed by atoms with van der Waals surface area (Å²) in [6.45, 7) is 1.94. The third-order valence-corrected chi connectivity index (χ3v) is 4.04. The molecule has 2 aromatic carbocycles. The van der Waals surface area contributed by atoms with Crippen molar-refractivity contribution in [2.24, 2.45) is 5.73 Å². The predicted octanol–water partition coefficient (Wildman–Crippen LogP) is 2.28. The van der Waals surface area contributed by atoms with Gasteiger partial charge in [0.1, 0.15) is 5.56 Å². The normalized spacial score (nSPS) is 14.7. The summed E-state index contributed by atoms with van der Waals surface area (Å²) in [7, 11) is 0. The highest BCUT2D eigenvalue weighted by atomic mass is 19.2. The third-order valence-electron chi connectivity index (χ3n) is 4.04. The molecule has 0 bridgehead atoms. The molecule has 0 aromatic heterocycles. The van der Waals surface area contributed by atoms with Gasteiger partial charge in [-0.3, -0.25) is 4.79 Å². The van der Waals surface area contributed by atoms with Crippen molar-refractivity contribution in [3.63, 3.8) is 0 Å². The van der Waals surface area contributed by atoms with Crippen molar-refractivity contribution >= 4 is 11.6 Å². The molecule has 0 saturated carbocycles. The van der Waals surface area contributed by atoms with Gasteiger partial charge < -0.3 is 16.0 Å². The van der Waals surface area contributed by atoms with Crippen LogP contribution < -0.4 is 16.0 Å². The van der Waals surface area contributed by atoms with Crippen LogP contribution in [0.15, 0.2) is 30.3 Å². The van der Waals surface area contributed by atoms with Gasteiger partial charge in [-0.2, -0.15) is 0 Å². The molecule has 2 aromatic rings. The zero-order valence-corrected chi connectivity index (χ0v) is 12.8. The number of piperazine rings is 1. The monoisotopic (exact) mass is 335 g/mol. The molecule has 24 heavy (non-hydrogen) atoms. The molecule has 7 heteroatoms. The summed E-state index contributed by atoms with van der Waals surface area (Å²) in [5.74, 6) is -5.29. The standard InChI is InChI=1S/C17H16F3N3O/c18-13-11(10-4-2-1-3-5-10)16(23-8-6-22-7-9-23)15(20)12(14(13)19)17(21)24/h1-5,22H,6-9H2,(H2,21,24). The van der Waals surface area contributed by atoms with Gasteiger partial charge in [0.15, 0.2) is 17.5 Å². The number of nitrogens with one attached hydrogen (secondary N) is 1. The number of amides is 1. The van der Waals surface area contributed by atoms with E-state index in [1.54, 1.807) is 35.2 Å². The summed E-state index contributed by atoms with van der Waals surface area (Å²) < 4.78 is 43.9. The molecule has 3 rings (SSSR count). The summed E-state index contributed by atoms with van der Waals surface area (Å²) in [5, 5.41) is 3.10. The van der Waals surface area contributed by atoms with Crippen LogP contribution in [0.5, 0.6) is 0 Å². The maximum absolute atomic E-state index is 14.9. The summed E-state index contributed by atoms with van der Waals surface area (Å²) in [4.78, 5) is 13.0. The van der Waals surface area contributed by atoms with E-state index in [1.807, 2.05) is 0 Å². The molecule has 0 spiro atoms. The van der Waals surface area contributed by atoms with Gasteiger partial charge in [-0.1, -0.05) is 30.3 Å². The fourth-order valence-corrected chi connectivity index (χ4v) is 2.92. The second-order valence-corrected chi connectivity index (χ2v) is 5.51.